The van der Waals surface area contributed by atoms with E-state index in [1.54, 1.807) is 19.1 Å². The standard InChI is InChI=1S/C16H16N2O4/c1-9-11(16(20)21-3)8-13(22-9)14-17-15(19)10-6-4-5-7-12(10)18(14)2/h4-8,14H,1-3H3,(H,17,19). The van der Waals surface area contributed by atoms with E-state index >= 15 is 0 Å². The number of carbonyl (C=O) groups excluding carboxylic acids is 2. The Morgan fingerprint density at radius 1 is 1.36 bits per heavy atom. The summed E-state index contributed by atoms with van der Waals surface area (Å²) in [5, 5.41) is 2.88. The highest BCUT2D eigenvalue weighted by Gasteiger charge is 2.32. The molecule has 1 aromatic carbocycles. The van der Waals surface area contributed by atoms with Crippen molar-refractivity contribution in [3.63, 3.8) is 0 Å². The summed E-state index contributed by atoms with van der Waals surface area (Å²) in [5.41, 5.74) is 1.78. The molecule has 114 valence electrons. The fourth-order valence-corrected chi connectivity index (χ4v) is 2.63. The largest absolute Gasteiger partial charge is 0.465 e. The van der Waals surface area contributed by atoms with Gasteiger partial charge in [-0.05, 0) is 25.1 Å². The Labute approximate surface area is 127 Å². The first-order valence-corrected chi connectivity index (χ1v) is 6.84. The van der Waals surface area contributed by atoms with Gasteiger partial charge in [0, 0.05) is 7.05 Å². The number of nitrogens with one attached hydrogen (secondary N) is 1. The maximum Gasteiger partial charge on any atom is 0.341 e. The molecule has 1 atom stereocenters. The number of nitrogens with zero attached hydrogens (tertiary/aromatic N) is 1. The van der Waals surface area contributed by atoms with Gasteiger partial charge in [0.1, 0.15) is 17.1 Å². The number of fused-ring (bicyclic) bond motifs is 1. The van der Waals surface area contributed by atoms with Gasteiger partial charge in [0.2, 0.25) is 0 Å². The van der Waals surface area contributed by atoms with Crippen LogP contribution in [-0.2, 0) is 4.74 Å². The van der Waals surface area contributed by atoms with Crippen molar-refractivity contribution < 1.29 is 18.7 Å². The van der Waals surface area contributed by atoms with E-state index in [1.165, 1.54) is 7.11 Å². The number of aryl methyl sites for hydroxylation is 1. The molecule has 1 aliphatic rings. The summed E-state index contributed by atoms with van der Waals surface area (Å²) in [7, 11) is 3.18. The summed E-state index contributed by atoms with van der Waals surface area (Å²) in [6.07, 6.45) is -0.473. The molecular formula is C16H16N2O4. The van der Waals surface area contributed by atoms with Gasteiger partial charge in [-0.1, -0.05) is 12.1 Å². The topological polar surface area (TPSA) is 71.8 Å². The number of rotatable bonds is 2. The third-order valence-corrected chi connectivity index (χ3v) is 3.80. The third-order valence-electron chi connectivity index (χ3n) is 3.80. The summed E-state index contributed by atoms with van der Waals surface area (Å²) < 4.78 is 10.4. The van der Waals surface area contributed by atoms with Gasteiger partial charge in [0.15, 0.2) is 6.17 Å². The normalized spacial score (nSPS) is 17.0. The van der Waals surface area contributed by atoms with E-state index in [0.717, 1.165) is 5.69 Å². The van der Waals surface area contributed by atoms with Crippen molar-refractivity contribution in [2.45, 2.75) is 13.1 Å². The molecule has 0 radical (unpaired) electrons. The number of para-hydroxylation sites is 1. The van der Waals surface area contributed by atoms with Crippen LogP contribution in [0.4, 0.5) is 5.69 Å². The Kier molecular flexibility index (Phi) is 3.36. The molecule has 0 fully saturated rings. The highest BCUT2D eigenvalue weighted by atomic mass is 16.5. The SMILES string of the molecule is COC(=O)c1cc(C2NC(=O)c3ccccc3N2C)oc1C. The predicted octanol–water partition coefficient (Wildman–Crippen LogP) is 2.25. The van der Waals surface area contributed by atoms with Crippen LogP contribution in [-0.4, -0.2) is 26.0 Å². The Bertz CT molecular complexity index is 750. The lowest BCUT2D eigenvalue weighted by atomic mass is 10.1. The van der Waals surface area contributed by atoms with Crippen LogP contribution in [0.2, 0.25) is 0 Å². The minimum atomic E-state index is -0.473. The van der Waals surface area contributed by atoms with Gasteiger partial charge in [0.05, 0.1) is 18.4 Å². The monoisotopic (exact) mass is 300 g/mol. The van der Waals surface area contributed by atoms with Crippen molar-refractivity contribution in [3.05, 3.63) is 53.0 Å². The molecule has 1 amide bonds. The second-order valence-electron chi connectivity index (χ2n) is 5.11. The highest BCUT2D eigenvalue weighted by molar-refractivity contribution is 6.02. The van der Waals surface area contributed by atoms with Gasteiger partial charge >= 0.3 is 5.97 Å². The molecule has 0 bridgehead atoms. The molecule has 1 N–H and O–H groups in total. The lowest BCUT2D eigenvalue weighted by Gasteiger charge is -2.34. The van der Waals surface area contributed by atoms with Crippen LogP contribution in [0.15, 0.2) is 34.7 Å². The molecule has 3 rings (SSSR count). The maximum atomic E-state index is 12.2. The summed E-state index contributed by atoms with van der Waals surface area (Å²) in [5.74, 6) is 0.316. The van der Waals surface area contributed by atoms with Crippen molar-refractivity contribution in [1.82, 2.24) is 5.32 Å². The second-order valence-corrected chi connectivity index (χ2v) is 5.11. The molecule has 6 nitrogen and oxygen atoms in total. The van der Waals surface area contributed by atoms with E-state index in [9.17, 15) is 9.59 Å². The number of carbonyl (C=O) groups is 2. The van der Waals surface area contributed by atoms with E-state index in [-0.39, 0.29) is 5.91 Å². The van der Waals surface area contributed by atoms with Crippen LogP contribution in [0.1, 0.15) is 38.4 Å². The quantitative estimate of drug-likeness (QED) is 0.861. The molecule has 2 aromatic rings. The van der Waals surface area contributed by atoms with Crippen molar-refractivity contribution >= 4 is 17.6 Å². The second kappa shape index (κ2) is 5.22. The maximum absolute atomic E-state index is 12.2. The van der Waals surface area contributed by atoms with Crippen LogP contribution in [0.5, 0.6) is 0 Å². The van der Waals surface area contributed by atoms with Crippen LogP contribution in [0.3, 0.4) is 0 Å². The summed E-state index contributed by atoms with van der Waals surface area (Å²) in [4.78, 5) is 25.8. The fraction of sp³-hybridized carbons (Fsp3) is 0.250. The fourth-order valence-electron chi connectivity index (χ4n) is 2.63. The van der Waals surface area contributed by atoms with E-state index in [0.29, 0.717) is 22.6 Å². The van der Waals surface area contributed by atoms with Crippen molar-refractivity contribution in [2.75, 3.05) is 19.1 Å². The zero-order valence-corrected chi connectivity index (χ0v) is 12.5. The molecule has 0 spiro atoms. The van der Waals surface area contributed by atoms with Gasteiger partial charge in [-0.15, -0.1) is 0 Å². The van der Waals surface area contributed by atoms with Gasteiger partial charge in [0.25, 0.3) is 5.91 Å². The number of amides is 1. The Morgan fingerprint density at radius 2 is 2.09 bits per heavy atom. The third kappa shape index (κ3) is 2.13. The first kappa shape index (κ1) is 14.2. The van der Waals surface area contributed by atoms with Crippen molar-refractivity contribution in [2.24, 2.45) is 0 Å². The summed E-state index contributed by atoms with van der Waals surface area (Å²) in [6.45, 7) is 1.69. The van der Waals surface area contributed by atoms with E-state index in [1.807, 2.05) is 30.1 Å². The van der Waals surface area contributed by atoms with E-state index < -0.39 is 12.1 Å². The molecule has 0 aliphatic carbocycles. The van der Waals surface area contributed by atoms with Crippen LogP contribution in [0, 0.1) is 6.92 Å². The number of benzene rings is 1. The smallest absolute Gasteiger partial charge is 0.341 e. The molecule has 1 aromatic heterocycles. The van der Waals surface area contributed by atoms with Crippen LogP contribution >= 0.6 is 0 Å². The van der Waals surface area contributed by atoms with Gasteiger partial charge in [-0.3, -0.25) is 4.79 Å². The molecule has 22 heavy (non-hydrogen) atoms. The Hall–Kier alpha value is -2.76. The van der Waals surface area contributed by atoms with Gasteiger partial charge in [-0.2, -0.15) is 0 Å². The van der Waals surface area contributed by atoms with E-state index in [2.05, 4.69) is 5.32 Å². The van der Waals surface area contributed by atoms with Gasteiger partial charge < -0.3 is 19.4 Å². The zero-order valence-electron chi connectivity index (χ0n) is 12.5. The first-order valence-electron chi connectivity index (χ1n) is 6.84. The minimum Gasteiger partial charge on any atom is -0.465 e. The van der Waals surface area contributed by atoms with E-state index in [4.69, 9.17) is 9.15 Å². The van der Waals surface area contributed by atoms with Crippen LogP contribution in [0.25, 0.3) is 0 Å². The summed E-state index contributed by atoms with van der Waals surface area (Å²) >= 11 is 0. The predicted molar refractivity (Wildman–Crippen MR) is 79.8 cm³/mol. The average Bonchev–Trinajstić information content (AvgIpc) is 2.92. The van der Waals surface area contributed by atoms with Crippen molar-refractivity contribution in [1.29, 1.82) is 0 Å². The number of esters is 1. The summed E-state index contributed by atoms with van der Waals surface area (Å²) in [6, 6.07) is 8.94. The molecule has 2 heterocycles. The molecule has 1 aliphatic heterocycles. The number of methoxy groups -OCH3 is 1. The lowest BCUT2D eigenvalue weighted by molar-refractivity contribution is 0.0598. The molecular weight excluding hydrogens is 284 g/mol. The van der Waals surface area contributed by atoms with Crippen molar-refractivity contribution in [3.8, 4) is 0 Å². The average molecular weight is 300 g/mol. The van der Waals surface area contributed by atoms with Gasteiger partial charge in [-0.25, -0.2) is 4.79 Å². The number of hydrogen-bond donors (Lipinski definition) is 1. The minimum absolute atomic E-state index is 0.174. The molecule has 0 saturated carbocycles. The number of ether oxygens (including phenoxy) is 1. The highest BCUT2D eigenvalue weighted by Crippen LogP contribution is 2.33. The molecule has 1 unspecified atom stereocenters. The Morgan fingerprint density at radius 3 is 2.82 bits per heavy atom. The first-order chi connectivity index (χ1) is 10.5. The lowest BCUT2D eigenvalue weighted by Crippen LogP contribution is -2.44. The molecule has 0 saturated heterocycles. The number of furan rings is 1. The molecule has 6 heteroatoms. The zero-order chi connectivity index (χ0) is 15.9. The van der Waals surface area contributed by atoms with Crippen LogP contribution < -0.4 is 10.2 Å². The number of anilines is 1. The number of hydrogen-bond acceptors (Lipinski definition) is 5. The Balaban J connectivity index is 2.00.